The first-order chi connectivity index (χ1) is 15.9. The molecule has 3 aromatic rings. The van der Waals surface area contributed by atoms with Crippen LogP contribution in [0.1, 0.15) is 29.0 Å². The molecule has 0 bridgehead atoms. The lowest BCUT2D eigenvalue weighted by Crippen LogP contribution is -2.31. The molecule has 1 aliphatic rings. The van der Waals surface area contributed by atoms with Gasteiger partial charge < -0.3 is 24.5 Å². The number of thioether (sulfide) groups is 1. The number of hydrogen-bond acceptors (Lipinski definition) is 7. The van der Waals surface area contributed by atoms with Crippen molar-refractivity contribution in [2.45, 2.75) is 23.2 Å². The highest BCUT2D eigenvalue weighted by Gasteiger charge is 2.34. The van der Waals surface area contributed by atoms with Crippen molar-refractivity contribution < 1.29 is 23.4 Å². The third kappa shape index (κ3) is 4.51. The van der Waals surface area contributed by atoms with Crippen molar-refractivity contribution in [1.82, 2.24) is 9.97 Å². The van der Waals surface area contributed by atoms with Gasteiger partial charge in [0, 0.05) is 23.7 Å². The van der Waals surface area contributed by atoms with Crippen LogP contribution in [0.15, 0.2) is 46.3 Å². The topological polar surface area (TPSA) is 103 Å². The maximum atomic E-state index is 13.4. The second-order valence-corrected chi connectivity index (χ2v) is 8.24. The molecular formula is C23H22FN3O5S. The standard InChI is InChI=1S/C23H22FN3O5S/c1-30-16-8-7-14(19(31-2)20(16)32-3)15-10-17(28)25-21-18(15)22(29)27-23(26-21)33-11-12-5-4-6-13(24)9-12/h4-9,15H,10-11H2,1-3H3,(H2,25,26,27,28,29)/t15-/m0/s1. The van der Waals surface area contributed by atoms with Crippen LogP contribution >= 0.6 is 11.8 Å². The molecule has 0 radical (unpaired) electrons. The molecule has 1 amide bonds. The normalized spacial score (nSPS) is 14.9. The zero-order chi connectivity index (χ0) is 23.5. The molecule has 0 saturated carbocycles. The van der Waals surface area contributed by atoms with Crippen LogP contribution in [0.3, 0.4) is 0 Å². The number of hydrogen-bond donors (Lipinski definition) is 2. The molecule has 1 aromatic heterocycles. The number of ether oxygens (including phenoxy) is 3. The first-order valence-electron chi connectivity index (χ1n) is 10.0. The fourth-order valence-electron chi connectivity index (χ4n) is 3.86. The van der Waals surface area contributed by atoms with Crippen LogP contribution in [0.2, 0.25) is 0 Å². The van der Waals surface area contributed by atoms with Gasteiger partial charge in [0.15, 0.2) is 16.7 Å². The minimum Gasteiger partial charge on any atom is -0.493 e. The van der Waals surface area contributed by atoms with Gasteiger partial charge in [0.05, 0.1) is 26.9 Å². The molecule has 0 aliphatic carbocycles. The molecule has 2 aromatic carbocycles. The molecule has 1 aliphatic heterocycles. The van der Waals surface area contributed by atoms with Crippen LogP contribution in [-0.2, 0) is 10.5 Å². The van der Waals surface area contributed by atoms with E-state index in [2.05, 4.69) is 15.3 Å². The number of aromatic amines is 1. The Morgan fingerprint density at radius 3 is 2.58 bits per heavy atom. The molecule has 4 rings (SSSR count). The number of aromatic nitrogens is 2. The zero-order valence-corrected chi connectivity index (χ0v) is 19.0. The summed E-state index contributed by atoms with van der Waals surface area (Å²) in [7, 11) is 4.49. The number of nitrogens with zero attached hydrogens (tertiary/aromatic N) is 1. The predicted octanol–water partition coefficient (Wildman–Crippen LogP) is 3.70. The molecule has 1 atom stereocenters. The van der Waals surface area contributed by atoms with E-state index in [0.29, 0.717) is 39.3 Å². The number of carbonyl (C=O) groups is 1. The number of methoxy groups -OCH3 is 3. The second kappa shape index (κ2) is 9.53. The fraction of sp³-hybridized carbons (Fsp3) is 0.261. The monoisotopic (exact) mass is 471 g/mol. The van der Waals surface area contributed by atoms with Crippen molar-refractivity contribution in [2.75, 3.05) is 26.6 Å². The van der Waals surface area contributed by atoms with Gasteiger partial charge in [0.25, 0.3) is 5.56 Å². The van der Waals surface area contributed by atoms with E-state index in [9.17, 15) is 14.0 Å². The summed E-state index contributed by atoms with van der Waals surface area (Å²) in [5.74, 6) is 0.612. The summed E-state index contributed by atoms with van der Waals surface area (Å²) < 4.78 is 29.8. The Kier molecular flexibility index (Phi) is 6.55. The molecule has 2 N–H and O–H groups in total. The van der Waals surface area contributed by atoms with E-state index in [-0.39, 0.29) is 29.5 Å². The van der Waals surface area contributed by atoms with Crippen LogP contribution < -0.4 is 25.1 Å². The molecule has 0 saturated heterocycles. The first kappa shape index (κ1) is 22.7. The van der Waals surface area contributed by atoms with Crippen molar-refractivity contribution in [3.05, 3.63) is 69.3 Å². The average Bonchev–Trinajstić information content (AvgIpc) is 2.80. The minimum atomic E-state index is -0.595. The maximum Gasteiger partial charge on any atom is 0.257 e. The first-order valence-corrected chi connectivity index (χ1v) is 11.0. The summed E-state index contributed by atoms with van der Waals surface area (Å²) in [5, 5.41) is 3.02. The van der Waals surface area contributed by atoms with Crippen molar-refractivity contribution in [3.63, 3.8) is 0 Å². The Bertz CT molecular complexity index is 1260. The molecule has 33 heavy (non-hydrogen) atoms. The number of carbonyl (C=O) groups excluding carboxylic acids is 1. The molecule has 0 spiro atoms. The third-order valence-electron chi connectivity index (χ3n) is 5.30. The summed E-state index contributed by atoms with van der Waals surface area (Å²) in [6.45, 7) is 0. The van der Waals surface area contributed by atoms with Gasteiger partial charge in [-0.25, -0.2) is 9.37 Å². The summed E-state index contributed by atoms with van der Waals surface area (Å²) in [6, 6.07) is 9.65. The van der Waals surface area contributed by atoms with Gasteiger partial charge in [-0.3, -0.25) is 9.59 Å². The Morgan fingerprint density at radius 2 is 1.88 bits per heavy atom. The smallest absolute Gasteiger partial charge is 0.257 e. The highest BCUT2D eigenvalue weighted by Crippen LogP contribution is 2.46. The van der Waals surface area contributed by atoms with E-state index in [1.54, 1.807) is 24.3 Å². The van der Waals surface area contributed by atoms with Gasteiger partial charge in [-0.05, 0) is 23.8 Å². The molecule has 0 fully saturated rings. The number of nitrogens with one attached hydrogen (secondary N) is 2. The summed E-state index contributed by atoms with van der Waals surface area (Å²) in [4.78, 5) is 32.9. The number of H-pyrrole nitrogens is 1. The highest BCUT2D eigenvalue weighted by atomic mass is 32.2. The van der Waals surface area contributed by atoms with Gasteiger partial charge in [0.2, 0.25) is 11.7 Å². The molecular weight excluding hydrogens is 449 g/mol. The van der Waals surface area contributed by atoms with Crippen LogP contribution in [0.25, 0.3) is 0 Å². The van der Waals surface area contributed by atoms with Crippen molar-refractivity contribution in [1.29, 1.82) is 0 Å². The largest absolute Gasteiger partial charge is 0.493 e. The van der Waals surface area contributed by atoms with Gasteiger partial charge in [-0.2, -0.15) is 0 Å². The van der Waals surface area contributed by atoms with Gasteiger partial charge in [0.1, 0.15) is 11.6 Å². The second-order valence-electron chi connectivity index (χ2n) is 7.28. The Hall–Kier alpha value is -3.53. The Balaban J connectivity index is 1.73. The number of rotatable bonds is 7. The lowest BCUT2D eigenvalue weighted by Gasteiger charge is -2.26. The maximum absolute atomic E-state index is 13.4. The number of benzene rings is 2. The Morgan fingerprint density at radius 1 is 1.09 bits per heavy atom. The van der Waals surface area contributed by atoms with E-state index in [1.165, 1.54) is 45.2 Å². The van der Waals surface area contributed by atoms with E-state index in [4.69, 9.17) is 14.2 Å². The van der Waals surface area contributed by atoms with E-state index in [0.717, 1.165) is 5.56 Å². The summed E-state index contributed by atoms with van der Waals surface area (Å²) >= 11 is 1.24. The lowest BCUT2D eigenvalue weighted by atomic mass is 9.86. The van der Waals surface area contributed by atoms with E-state index >= 15 is 0 Å². The molecule has 0 unspecified atom stereocenters. The van der Waals surface area contributed by atoms with Crippen LogP contribution in [0, 0.1) is 5.82 Å². The number of halogens is 1. The van der Waals surface area contributed by atoms with E-state index in [1.807, 2.05) is 0 Å². The van der Waals surface area contributed by atoms with Crippen LogP contribution in [-0.4, -0.2) is 37.2 Å². The minimum absolute atomic E-state index is 0.0411. The van der Waals surface area contributed by atoms with Crippen LogP contribution in [0.4, 0.5) is 10.2 Å². The number of anilines is 1. The fourth-order valence-corrected chi connectivity index (χ4v) is 4.67. The van der Waals surface area contributed by atoms with Crippen LogP contribution in [0.5, 0.6) is 17.2 Å². The van der Waals surface area contributed by atoms with Crippen molar-refractivity contribution >= 4 is 23.5 Å². The zero-order valence-electron chi connectivity index (χ0n) is 18.2. The molecule has 2 heterocycles. The quantitative estimate of drug-likeness (QED) is 0.400. The Labute approximate surface area is 193 Å². The number of amides is 1. The van der Waals surface area contributed by atoms with Gasteiger partial charge in [-0.1, -0.05) is 30.0 Å². The molecule has 10 heteroatoms. The van der Waals surface area contributed by atoms with Gasteiger partial charge in [-0.15, -0.1) is 0 Å². The number of fused-ring (bicyclic) bond motifs is 1. The molecule has 8 nitrogen and oxygen atoms in total. The summed E-state index contributed by atoms with van der Waals surface area (Å²) in [6.07, 6.45) is 0.0411. The van der Waals surface area contributed by atoms with Crippen molar-refractivity contribution in [2.24, 2.45) is 0 Å². The SMILES string of the molecule is COc1ccc([C@@H]2CC(=O)Nc3nc(SCc4cccc(F)c4)[nH]c(=O)c32)c(OC)c1OC. The summed E-state index contributed by atoms with van der Waals surface area (Å²) in [5.41, 5.74) is 1.31. The average molecular weight is 472 g/mol. The lowest BCUT2D eigenvalue weighted by molar-refractivity contribution is -0.116. The third-order valence-corrected chi connectivity index (χ3v) is 6.25. The predicted molar refractivity (Wildman–Crippen MR) is 122 cm³/mol. The molecule has 172 valence electrons. The van der Waals surface area contributed by atoms with E-state index < -0.39 is 5.92 Å². The highest BCUT2D eigenvalue weighted by molar-refractivity contribution is 7.98. The van der Waals surface area contributed by atoms with Crippen molar-refractivity contribution in [3.8, 4) is 17.2 Å². The van der Waals surface area contributed by atoms with Gasteiger partial charge >= 0.3 is 0 Å².